The molecule has 2 atom stereocenters. The smallest absolute Gasteiger partial charge is 0.306 e. The molecule has 0 radical (unpaired) electrons. The van der Waals surface area contributed by atoms with Gasteiger partial charge in [-0.3, -0.25) is 9.59 Å². The maximum atomic E-state index is 11.8. The van der Waals surface area contributed by atoms with Gasteiger partial charge < -0.3 is 14.8 Å². The fourth-order valence-corrected chi connectivity index (χ4v) is 1.99. The number of carbonyl (C=O) groups excluding carboxylic acids is 2. The van der Waals surface area contributed by atoms with E-state index in [0.29, 0.717) is 6.61 Å². The monoisotopic (exact) mass is 271 g/mol. The topological polar surface area (TPSA) is 64.6 Å². The molecule has 1 aliphatic rings. The minimum atomic E-state index is -0.507. The molecule has 1 saturated heterocycles. The second-order valence-corrected chi connectivity index (χ2v) is 6.32. The van der Waals surface area contributed by atoms with Crippen LogP contribution in [0.5, 0.6) is 0 Å². The van der Waals surface area contributed by atoms with Gasteiger partial charge in [-0.15, -0.1) is 0 Å². The van der Waals surface area contributed by atoms with Crippen molar-refractivity contribution in [3.8, 4) is 0 Å². The number of nitrogens with one attached hydrogen (secondary N) is 1. The molecule has 1 N–H and O–H groups in total. The van der Waals surface area contributed by atoms with E-state index in [0.717, 1.165) is 6.42 Å². The molecule has 5 nitrogen and oxygen atoms in total. The highest BCUT2D eigenvalue weighted by molar-refractivity contribution is 5.82. The second-order valence-electron chi connectivity index (χ2n) is 6.32. The molecule has 1 aliphatic heterocycles. The predicted octanol–water partition coefficient (Wildman–Crippen LogP) is 1.79. The van der Waals surface area contributed by atoms with Crippen LogP contribution in [-0.4, -0.2) is 35.7 Å². The SMILES string of the molecule is CC1OCCC1(C)NC(=O)CCC(=O)OC(C)(C)C. The Morgan fingerprint density at radius 1 is 1.37 bits per heavy atom. The van der Waals surface area contributed by atoms with Crippen molar-refractivity contribution < 1.29 is 19.1 Å². The normalized spacial score (nSPS) is 27.1. The lowest BCUT2D eigenvalue weighted by atomic mass is 9.94. The first-order valence-electron chi connectivity index (χ1n) is 6.77. The summed E-state index contributed by atoms with van der Waals surface area (Å²) in [5.41, 5.74) is -0.835. The van der Waals surface area contributed by atoms with Gasteiger partial charge in [-0.1, -0.05) is 0 Å². The van der Waals surface area contributed by atoms with Gasteiger partial charge in [0.15, 0.2) is 0 Å². The summed E-state index contributed by atoms with van der Waals surface area (Å²) in [7, 11) is 0. The van der Waals surface area contributed by atoms with E-state index in [4.69, 9.17) is 9.47 Å². The first kappa shape index (κ1) is 16.0. The van der Waals surface area contributed by atoms with Crippen LogP contribution in [0.25, 0.3) is 0 Å². The highest BCUT2D eigenvalue weighted by atomic mass is 16.6. The van der Waals surface area contributed by atoms with Crippen LogP contribution >= 0.6 is 0 Å². The quantitative estimate of drug-likeness (QED) is 0.792. The fraction of sp³-hybridized carbons (Fsp3) is 0.857. The van der Waals surface area contributed by atoms with Gasteiger partial charge in [0, 0.05) is 13.0 Å². The van der Waals surface area contributed by atoms with Crippen molar-refractivity contribution in [1.29, 1.82) is 0 Å². The standard InChI is InChI=1S/C14H25NO4/c1-10-14(5,8-9-18-10)15-11(16)6-7-12(17)19-13(2,3)4/h10H,6-9H2,1-5H3,(H,15,16). The van der Waals surface area contributed by atoms with E-state index in [1.54, 1.807) is 0 Å². The summed E-state index contributed by atoms with van der Waals surface area (Å²) < 4.78 is 10.6. The van der Waals surface area contributed by atoms with Crippen LogP contribution in [0.2, 0.25) is 0 Å². The molecule has 19 heavy (non-hydrogen) atoms. The van der Waals surface area contributed by atoms with E-state index in [1.807, 2.05) is 34.6 Å². The third-order valence-corrected chi connectivity index (χ3v) is 3.29. The van der Waals surface area contributed by atoms with Crippen LogP contribution in [0.15, 0.2) is 0 Å². The molecule has 0 aromatic heterocycles. The van der Waals surface area contributed by atoms with E-state index in [2.05, 4.69) is 5.32 Å². The van der Waals surface area contributed by atoms with Crippen molar-refractivity contribution in [2.24, 2.45) is 0 Å². The van der Waals surface area contributed by atoms with Gasteiger partial charge >= 0.3 is 5.97 Å². The van der Waals surface area contributed by atoms with Gasteiger partial charge in [0.05, 0.1) is 18.1 Å². The first-order valence-corrected chi connectivity index (χ1v) is 6.77. The zero-order chi connectivity index (χ0) is 14.7. The summed E-state index contributed by atoms with van der Waals surface area (Å²) in [6.07, 6.45) is 1.05. The Hall–Kier alpha value is -1.10. The summed E-state index contributed by atoms with van der Waals surface area (Å²) in [6, 6.07) is 0. The molecule has 0 saturated carbocycles. The van der Waals surface area contributed by atoms with Crippen LogP contribution < -0.4 is 5.32 Å². The van der Waals surface area contributed by atoms with Crippen molar-refractivity contribution in [2.45, 2.75) is 71.1 Å². The molecule has 1 heterocycles. The van der Waals surface area contributed by atoms with Crippen LogP contribution in [-0.2, 0) is 19.1 Å². The molecule has 0 bridgehead atoms. The average molecular weight is 271 g/mol. The minimum Gasteiger partial charge on any atom is -0.460 e. The Morgan fingerprint density at radius 2 is 2.00 bits per heavy atom. The van der Waals surface area contributed by atoms with Crippen LogP contribution in [0.4, 0.5) is 0 Å². The number of rotatable bonds is 4. The van der Waals surface area contributed by atoms with Crippen molar-refractivity contribution in [2.75, 3.05) is 6.61 Å². The van der Waals surface area contributed by atoms with E-state index in [9.17, 15) is 9.59 Å². The molecule has 110 valence electrons. The molecular weight excluding hydrogens is 246 g/mol. The maximum Gasteiger partial charge on any atom is 0.306 e. The number of hydrogen-bond acceptors (Lipinski definition) is 4. The Bertz CT molecular complexity index is 348. The summed E-state index contributed by atoms with van der Waals surface area (Å²) in [5, 5.41) is 2.95. The lowest BCUT2D eigenvalue weighted by Gasteiger charge is -2.29. The lowest BCUT2D eigenvalue weighted by molar-refractivity contribution is -0.155. The Kier molecular flexibility index (Phi) is 4.96. The third-order valence-electron chi connectivity index (χ3n) is 3.29. The molecule has 5 heteroatoms. The molecule has 1 amide bonds. The first-order chi connectivity index (χ1) is 8.62. The fourth-order valence-electron chi connectivity index (χ4n) is 1.99. The molecule has 0 spiro atoms. The summed E-state index contributed by atoms with van der Waals surface area (Å²) in [5.74, 6) is -0.478. The minimum absolute atomic E-state index is 0.00187. The van der Waals surface area contributed by atoms with Crippen molar-refractivity contribution in [3.05, 3.63) is 0 Å². The van der Waals surface area contributed by atoms with Gasteiger partial charge in [-0.05, 0) is 41.0 Å². The van der Waals surface area contributed by atoms with E-state index in [1.165, 1.54) is 0 Å². The predicted molar refractivity (Wildman–Crippen MR) is 71.7 cm³/mol. The van der Waals surface area contributed by atoms with Gasteiger partial charge in [0.1, 0.15) is 5.60 Å². The second kappa shape index (κ2) is 5.90. The summed E-state index contributed by atoms with van der Waals surface area (Å²) in [6.45, 7) is 10.00. The molecule has 0 aliphatic carbocycles. The Morgan fingerprint density at radius 3 is 2.47 bits per heavy atom. The zero-order valence-corrected chi connectivity index (χ0v) is 12.5. The number of esters is 1. The van der Waals surface area contributed by atoms with E-state index >= 15 is 0 Å². The van der Waals surface area contributed by atoms with Gasteiger partial charge in [0.25, 0.3) is 0 Å². The van der Waals surface area contributed by atoms with Crippen molar-refractivity contribution in [1.82, 2.24) is 5.32 Å². The Labute approximate surface area is 115 Å². The molecule has 1 fully saturated rings. The maximum absolute atomic E-state index is 11.8. The molecular formula is C14H25NO4. The lowest BCUT2D eigenvalue weighted by Crippen LogP contribution is -2.50. The Balaban J connectivity index is 2.34. The average Bonchev–Trinajstić information content (AvgIpc) is 2.54. The summed E-state index contributed by atoms with van der Waals surface area (Å²) in [4.78, 5) is 23.4. The van der Waals surface area contributed by atoms with E-state index in [-0.39, 0.29) is 36.4 Å². The molecule has 0 aromatic rings. The largest absolute Gasteiger partial charge is 0.460 e. The van der Waals surface area contributed by atoms with Crippen molar-refractivity contribution >= 4 is 11.9 Å². The third kappa shape index (κ3) is 5.19. The van der Waals surface area contributed by atoms with Crippen molar-refractivity contribution in [3.63, 3.8) is 0 Å². The van der Waals surface area contributed by atoms with Gasteiger partial charge in [-0.2, -0.15) is 0 Å². The van der Waals surface area contributed by atoms with Gasteiger partial charge in [0.2, 0.25) is 5.91 Å². The highest BCUT2D eigenvalue weighted by Crippen LogP contribution is 2.25. The summed E-state index contributed by atoms with van der Waals surface area (Å²) >= 11 is 0. The molecule has 2 unspecified atom stereocenters. The number of hydrogen-bond donors (Lipinski definition) is 1. The number of carbonyl (C=O) groups is 2. The number of amides is 1. The van der Waals surface area contributed by atoms with E-state index < -0.39 is 5.60 Å². The van der Waals surface area contributed by atoms with Crippen LogP contribution in [0, 0.1) is 0 Å². The zero-order valence-electron chi connectivity index (χ0n) is 12.5. The molecule has 0 aromatic carbocycles. The van der Waals surface area contributed by atoms with Crippen LogP contribution in [0.3, 0.4) is 0 Å². The number of ether oxygens (including phenoxy) is 2. The van der Waals surface area contributed by atoms with Crippen LogP contribution in [0.1, 0.15) is 53.9 Å². The highest BCUT2D eigenvalue weighted by Gasteiger charge is 2.38. The van der Waals surface area contributed by atoms with Gasteiger partial charge in [-0.25, -0.2) is 0 Å². The molecule has 1 rings (SSSR count).